The molecular weight excluding hydrogens is 184 g/mol. The lowest BCUT2D eigenvalue weighted by molar-refractivity contribution is -0.0464. The fraction of sp³-hybridized carbons (Fsp3) is 0.889. The Morgan fingerprint density at radius 3 is 2.71 bits per heavy atom. The number of hydrogen-bond donors (Lipinski definition) is 3. The molecule has 2 fully saturated rings. The molecule has 1 saturated heterocycles. The molecule has 0 aromatic carbocycles. The summed E-state index contributed by atoms with van der Waals surface area (Å²) in [6.45, 7) is 1.30. The van der Waals surface area contributed by atoms with Gasteiger partial charge in [0.2, 0.25) is 0 Å². The summed E-state index contributed by atoms with van der Waals surface area (Å²) < 4.78 is 4.84. The summed E-state index contributed by atoms with van der Waals surface area (Å²) in [6, 6.07) is 0. The zero-order valence-corrected chi connectivity index (χ0v) is 7.98. The average molecular weight is 200 g/mol. The van der Waals surface area contributed by atoms with Gasteiger partial charge in [0.05, 0.1) is 6.10 Å². The Kier molecular flexibility index (Phi) is 2.60. The van der Waals surface area contributed by atoms with Crippen LogP contribution in [-0.2, 0) is 4.74 Å². The molecule has 5 heteroatoms. The van der Waals surface area contributed by atoms with Gasteiger partial charge >= 0.3 is 6.09 Å². The van der Waals surface area contributed by atoms with Gasteiger partial charge in [-0.15, -0.1) is 0 Å². The van der Waals surface area contributed by atoms with Crippen molar-refractivity contribution in [1.29, 1.82) is 0 Å². The van der Waals surface area contributed by atoms with Crippen molar-refractivity contribution in [1.82, 2.24) is 5.32 Å². The highest BCUT2D eigenvalue weighted by atomic mass is 16.6. The van der Waals surface area contributed by atoms with Crippen LogP contribution in [0.2, 0.25) is 0 Å². The number of primary amides is 1. The Hall–Kier alpha value is -0.810. The second-order valence-corrected chi connectivity index (χ2v) is 4.13. The van der Waals surface area contributed by atoms with E-state index in [2.05, 4.69) is 5.32 Å². The van der Waals surface area contributed by atoms with E-state index in [1.165, 1.54) is 12.8 Å². The van der Waals surface area contributed by atoms with E-state index in [0.717, 1.165) is 6.54 Å². The van der Waals surface area contributed by atoms with Crippen molar-refractivity contribution < 1.29 is 14.6 Å². The van der Waals surface area contributed by atoms with Crippen molar-refractivity contribution >= 4 is 6.09 Å². The molecule has 1 aliphatic heterocycles. The molecule has 3 atom stereocenters. The number of nitrogens with two attached hydrogens (primary N) is 1. The van der Waals surface area contributed by atoms with Crippen molar-refractivity contribution in [3.63, 3.8) is 0 Å². The number of ether oxygens (including phenoxy) is 1. The molecule has 0 spiro atoms. The number of aliphatic hydroxyl groups is 1. The smallest absolute Gasteiger partial charge is 0.404 e. The lowest BCUT2D eigenvalue weighted by Gasteiger charge is -2.34. The standard InChI is InChI=1S/C9H16N2O3/c10-9(13)14-7-4-11-3-6(8(7)12)5-1-2-5/h5-8,11-12H,1-4H2,(H2,10,13)/t6-,7-,8+/m1/s1. The van der Waals surface area contributed by atoms with Crippen LogP contribution < -0.4 is 11.1 Å². The fourth-order valence-electron chi connectivity index (χ4n) is 2.14. The predicted molar refractivity (Wildman–Crippen MR) is 49.5 cm³/mol. The van der Waals surface area contributed by atoms with Gasteiger partial charge in [0.25, 0.3) is 0 Å². The summed E-state index contributed by atoms with van der Waals surface area (Å²) in [5, 5.41) is 13.1. The van der Waals surface area contributed by atoms with Gasteiger partial charge in [-0.05, 0) is 18.8 Å². The third-order valence-corrected chi connectivity index (χ3v) is 3.04. The number of carbonyl (C=O) groups is 1. The summed E-state index contributed by atoms with van der Waals surface area (Å²) in [4.78, 5) is 10.6. The quantitative estimate of drug-likeness (QED) is 0.558. The molecule has 14 heavy (non-hydrogen) atoms. The maximum atomic E-state index is 10.6. The molecule has 5 nitrogen and oxygen atoms in total. The largest absolute Gasteiger partial charge is 0.442 e. The maximum Gasteiger partial charge on any atom is 0.404 e. The normalized spacial score (nSPS) is 37.9. The third-order valence-electron chi connectivity index (χ3n) is 3.04. The highest BCUT2D eigenvalue weighted by Gasteiger charge is 2.42. The molecule has 0 unspecified atom stereocenters. The van der Waals surface area contributed by atoms with Crippen molar-refractivity contribution in [2.75, 3.05) is 13.1 Å². The van der Waals surface area contributed by atoms with Gasteiger partial charge in [0.1, 0.15) is 6.10 Å². The van der Waals surface area contributed by atoms with Gasteiger partial charge < -0.3 is 20.9 Å². The zero-order chi connectivity index (χ0) is 10.1. The Labute approximate surface area is 82.6 Å². The number of hydrogen-bond acceptors (Lipinski definition) is 4. The molecule has 2 aliphatic rings. The first kappa shape index (κ1) is 9.73. The average Bonchev–Trinajstić information content (AvgIpc) is 2.91. The topological polar surface area (TPSA) is 84.6 Å². The minimum absolute atomic E-state index is 0.216. The van der Waals surface area contributed by atoms with Crippen LogP contribution in [0.1, 0.15) is 12.8 Å². The molecule has 1 saturated carbocycles. The first-order valence-corrected chi connectivity index (χ1v) is 5.03. The Bertz CT molecular complexity index is 230. The Morgan fingerprint density at radius 1 is 1.43 bits per heavy atom. The fourth-order valence-corrected chi connectivity index (χ4v) is 2.14. The summed E-state index contributed by atoms with van der Waals surface area (Å²) in [6.07, 6.45) is 0.495. The minimum Gasteiger partial charge on any atom is -0.442 e. The SMILES string of the molecule is NC(=O)O[C@@H]1CNC[C@H](C2CC2)[C@@H]1O. The molecule has 1 heterocycles. The lowest BCUT2D eigenvalue weighted by Crippen LogP contribution is -2.53. The van der Waals surface area contributed by atoms with Gasteiger partial charge in [0.15, 0.2) is 0 Å². The van der Waals surface area contributed by atoms with Crippen LogP contribution in [0.15, 0.2) is 0 Å². The van der Waals surface area contributed by atoms with Crippen molar-refractivity contribution in [2.45, 2.75) is 25.0 Å². The number of rotatable bonds is 2. The van der Waals surface area contributed by atoms with Crippen LogP contribution in [0, 0.1) is 11.8 Å². The molecule has 0 aromatic heterocycles. The number of aliphatic hydroxyl groups excluding tert-OH is 1. The van der Waals surface area contributed by atoms with Gasteiger partial charge in [-0.25, -0.2) is 4.79 Å². The van der Waals surface area contributed by atoms with Crippen LogP contribution in [0.25, 0.3) is 0 Å². The van der Waals surface area contributed by atoms with E-state index >= 15 is 0 Å². The number of amides is 1. The molecule has 80 valence electrons. The van der Waals surface area contributed by atoms with Crippen molar-refractivity contribution in [3.8, 4) is 0 Å². The van der Waals surface area contributed by atoms with Crippen LogP contribution in [0.4, 0.5) is 4.79 Å². The lowest BCUT2D eigenvalue weighted by atomic mass is 9.90. The molecule has 4 N–H and O–H groups in total. The first-order chi connectivity index (χ1) is 6.68. The molecule has 1 amide bonds. The van der Waals surface area contributed by atoms with E-state index in [9.17, 15) is 9.90 Å². The van der Waals surface area contributed by atoms with Gasteiger partial charge in [-0.3, -0.25) is 0 Å². The molecule has 2 rings (SSSR count). The second kappa shape index (κ2) is 3.74. The van der Waals surface area contributed by atoms with E-state index in [1.807, 2.05) is 0 Å². The molecule has 0 aromatic rings. The first-order valence-electron chi connectivity index (χ1n) is 5.03. The molecule has 1 aliphatic carbocycles. The molecule has 0 radical (unpaired) electrons. The van der Waals surface area contributed by atoms with Crippen LogP contribution in [0.5, 0.6) is 0 Å². The highest BCUT2D eigenvalue weighted by molar-refractivity contribution is 5.64. The second-order valence-electron chi connectivity index (χ2n) is 4.13. The van der Waals surface area contributed by atoms with E-state index < -0.39 is 18.3 Å². The minimum atomic E-state index is -0.813. The highest BCUT2D eigenvalue weighted by Crippen LogP contribution is 2.40. The summed E-state index contributed by atoms with van der Waals surface area (Å²) in [5.41, 5.74) is 4.92. The number of piperidine rings is 1. The van der Waals surface area contributed by atoms with Gasteiger partial charge in [0, 0.05) is 19.0 Å². The summed E-state index contributed by atoms with van der Waals surface area (Å²) >= 11 is 0. The van der Waals surface area contributed by atoms with E-state index in [-0.39, 0.29) is 5.92 Å². The van der Waals surface area contributed by atoms with E-state index in [4.69, 9.17) is 10.5 Å². The van der Waals surface area contributed by atoms with Gasteiger partial charge in [-0.2, -0.15) is 0 Å². The maximum absolute atomic E-state index is 10.6. The van der Waals surface area contributed by atoms with E-state index in [0.29, 0.717) is 12.5 Å². The van der Waals surface area contributed by atoms with Crippen molar-refractivity contribution in [2.24, 2.45) is 17.6 Å². The third kappa shape index (κ3) is 1.99. The summed E-state index contributed by atoms with van der Waals surface area (Å²) in [5.74, 6) is 0.810. The van der Waals surface area contributed by atoms with E-state index in [1.54, 1.807) is 0 Å². The number of nitrogens with one attached hydrogen (secondary N) is 1. The predicted octanol–water partition coefficient (Wildman–Crippen LogP) is -0.559. The van der Waals surface area contributed by atoms with Crippen LogP contribution in [0.3, 0.4) is 0 Å². The zero-order valence-electron chi connectivity index (χ0n) is 7.98. The molecule has 0 bridgehead atoms. The summed E-state index contributed by atoms with van der Waals surface area (Å²) in [7, 11) is 0. The molecular formula is C9H16N2O3. The van der Waals surface area contributed by atoms with Gasteiger partial charge in [-0.1, -0.05) is 0 Å². The Balaban J connectivity index is 1.93. The number of carbonyl (C=O) groups excluding carboxylic acids is 1. The van der Waals surface area contributed by atoms with Crippen LogP contribution in [-0.4, -0.2) is 36.5 Å². The Morgan fingerprint density at radius 2 is 2.14 bits per heavy atom. The van der Waals surface area contributed by atoms with Crippen LogP contribution >= 0.6 is 0 Å². The van der Waals surface area contributed by atoms with Crippen molar-refractivity contribution in [3.05, 3.63) is 0 Å². The monoisotopic (exact) mass is 200 g/mol.